The van der Waals surface area contributed by atoms with Crippen molar-refractivity contribution >= 4 is 0 Å². The fourth-order valence-corrected chi connectivity index (χ4v) is 4.13. The minimum absolute atomic E-state index is 0. The van der Waals surface area contributed by atoms with Gasteiger partial charge in [0.1, 0.15) is 0 Å². The third-order valence-electron chi connectivity index (χ3n) is 5.25. The van der Waals surface area contributed by atoms with E-state index in [1.54, 1.807) is 17.1 Å². The van der Waals surface area contributed by atoms with Crippen LogP contribution in [0.2, 0.25) is 0 Å². The van der Waals surface area contributed by atoms with Crippen LogP contribution >= 0.6 is 0 Å². The van der Waals surface area contributed by atoms with E-state index in [2.05, 4.69) is 13.8 Å². The molecule has 0 aromatic heterocycles. The van der Waals surface area contributed by atoms with Crippen molar-refractivity contribution in [2.75, 3.05) is 13.2 Å². The molecule has 1 saturated carbocycles. The summed E-state index contributed by atoms with van der Waals surface area (Å²) in [5, 5.41) is 0. The Morgan fingerprint density at radius 1 is 1.19 bits per heavy atom. The summed E-state index contributed by atoms with van der Waals surface area (Å²) in [5.74, 6) is 2.12. The fourth-order valence-electron chi connectivity index (χ4n) is 4.13. The Kier molecular flexibility index (Phi) is 6.71. The molecular formula is C17H27BrO2Zn-. The zero-order valence-corrected chi connectivity index (χ0v) is 18.5. The summed E-state index contributed by atoms with van der Waals surface area (Å²) in [6.45, 7) is 10.4. The van der Waals surface area contributed by atoms with Crippen LogP contribution in [-0.4, -0.2) is 19.0 Å². The fraction of sp³-hybridized carbons (Fsp3) is 0.824. The molecule has 0 N–H and O–H groups in total. The maximum atomic E-state index is 5.93. The van der Waals surface area contributed by atoms with Gasteiger partial charge in [0, 0.05) is 30.8 Å². The second-order valence-electron chi connectivity index (χ2n) is 7.26. The molecule has 2 nitrogen and oxygen atoms in total. The second-order valence-corrected chi connectivity index (χ2v) is 7.26. The van der Waals surface area contributed by atoms with Gasteiger partial charge in [-0.1, -0.05) is 24.5 Å². The Balaban J connectivity index is 0.00000110. The van der Waals surface area contributed by atoms with Crippen LogP contribution in [0, 0.1) is 17.3 Å². The smallest absolute Gasteiger partial charge is 0.162 e. The Hall–Kier alpha value is 0.763. The molecule has 1 atom stereocenters. The molecule has 1 spiro atoms. The van der Waals surface area contributed by atoms with E-state index in [1.807, 2.05) is 13.8 Å². The number of hydrogen-bond acceptors (Lipinski definition) is 2. The average molecular weight is 409 g/mol. The zero-order valence-electron chi connectivity index (χ0n) is 13.9. The molecule has 1 aliphatic heterocycles. The summed E-state index contributed by atoms with van der Waals surface area (Å²) in [5.41, 5.74) is 3.61. The van der Waals surface area contributed by atoms with E-state index in [9.17, 15) is 0 Å². The van der Waals surface area contributed by atoms with Crippen molar-refractivity contribution in [3.63, 3.8) is 0 Å². The van der Waals surface area contributed by atoms with E-state index < -0.39 is 0 Å². The Bertz CT molecular complexity index is 396. The van der Waals surface area contributed by atoms with Crippen molar-refractivity contribution in [3.8, 4) is 0 Å². The van der Waals surface area contributed by atoms with Crippen LogP contribution in [0.1, 0.15) is 59.8 Å². The van der Waals surface area contributed by atoms with E-state index in [4.69, 9.17) is 9.47 Å². The maximum Gasteiger partial charge on any atom is 0.162 e. The van der Waals surface area contributed by atoms with Crippen molar-refractivity contribution < 1.29 is 45.9 Å². The van der Waals surface area contributed by atoms with Crippen LogP contribution in [0.25, 0.3) is 0 Å². The van der Waals surface area contributed by atoms with Crippen LogP contribution < -0.4 is 17.0 Å². The minimum Gasteiger partial charge on any atom is -1.00 e. The minimum atomic E-state index is -0.383. The largest absolute Gasteiger partial charge is 1.00 e. The van der Waals surface area contributed by atoms with Crippen molar-refractivity contribution in [1.29, 1.82) is 0 Å². The first-order valence-corrected chi connectivity index (χ1v) is 7.77. The second kappa shape index (κ2) is 7.11. The molecule has 21 heavy (non-hydrogen) atoms. The van der Waals surface area contributed by atoms with Crippen LogP contribution in [0.5, 0.6) is 0 Å². The summed E-state index contributed by atoms with van der Waals surface area (Å²) in [6, 6.07) is 0. The van der Waals surface area contributed by atoms with Crippen LogP contribution in [0.4, 0.5) is 0 Å². The van der Waals surface area contributed by atoms with Gasteiger partial charge >= 0.3 is 0 Å². The molecule has 1 radical (unpaired) electrons. The van der Waals surface area contributed by atoms with Crippen molar-refractivity contribution in [2.45, 2.75) is 65.6 Å². The topological polar surface area (TPSA) is 18.5 Å². The Morgan fingerprint density at radius 3 is 2.33 bits per heavy atom. The summed E-state index contributed by atoms with van der Waals surface area (Å²) in [4.78, 5) is 0. The molecule has 117 valence electrons. The number of allylic oxidation sites excluding steroid dienone is 2. The van der Waals surface area contributed by atoms with Gasteiger partial charge < -0.3 is 26.5 Å². The molecular weight excluding hydrogens is 381 g/mol. The molecule has 1 heterocycles. The van der Waals surface area contributed by atoms with Crippen LogP contribution in [0.15, 0.2) is 11.1 Å². The third-order valence-corrected chi connectivity index (χ3v) is 5.25. The molecule has 3 rings (SSSR count). The van der Waals surface area contributed by atoms with Gasteiger partial charge in [0.05, 0.1) is 13.2 Å². The predicted octanol–water partition coefficient (Wildman–Crippen LogP) is 1.26. The molecule has 0 bridgehead atoms. The average Bonchev–Trinajstić information content (AvgIpc) is 2.83. The first-order valence-electron chi connectivity index (χ1n) is 7.77. The molecule has 0 aromatic carbocycles. The first kappa shape index (κ1) is 19.8. The van der Waals surface area contributed by atoms with Crippen molar-refractivity contribution in [3.05, 3.63) is 17.1 Å². The van der Waals surface area contributed by atoms with Gasteiger partial charge in [0.25, 0.3) is 0 Å². The van der Waals surface area contributed by atoms with E-state index >= 15 is 0 Å². The van der Waals surface area contributed by atoms with Crippen molar-refractivity contribution in [1.82, 2.24) is 0 Å². The van der Waals surface area contributed by atoms with Crippen LogP contribution in [0.3, 0.4) is 0 Å². The molecule has 3 aliphatic rings. The van der Waals surface area contributed by atoms with E-state index in [-0.39, 0.29) is 47.7 Å². The van der Waals surface area contributed by atoms with Gasteiger partial charge in [-0.05, 0) is 52.4 Å². The first-order chi connectivity index (χ1) is 8.95. The van der Waals surface area contributed by atoms with Crippen molar-refractivity contribution in [2.24, 2.45) is 11.3 Å². The maximum absolute atomic E-state index is 5.93. The number of rotatable bonds is 2. The summed E-state index contributed by atoms with van der Waals surface area (Å²) >= 11 is 0. The summed E-state index contributed by atoms with van der Waals surface area (Å²) < 4.78 is 11.9. The zero-order chi connectivity index (χ0) is 13.7. The Morgan fingerprint density at radius 2 is 1.81 bits per heavy atom. The van der Waals surface area contributed by atoms with Gasteiger partial charge in [-0.2, -0.15) is 0 Å². The van der Waals surface area contributed by atoms with E-state index in [0.717, 1.165) is 19.1 Å². The van der Waals surface area contributed by atoms with Crippen LogP contribution in [-0.2, 0) is 29.0 Å². The van der Waals surface area contributed by atoms with E-state index in [0.29, 0.717) is 0 Å². The third kappa shape index (κ3) is 3.82. The number of fused-ring (bicyclic) bond motifs is 1. The molecule has 0 amide bonds. The van der Waals surface area contributed by atoms with Gasteiger partial charge in [0.2, 0.25) is 0 Å². The molecule has 0 aromatic rings. The van der Waals surface area contributed by atoms with Gasteiger partial charge in [-0.15, -0.1) is 0 Å². The standard InChI is InChI=1S/C17H27O2.BrH.Zn/c1-5-6-13-7-14-8-17(9-15(14)12(13)2)10-18-16(3,4)19-11-17;;/h14H,5-11H2,1-4H3;1H;/p-1. The summed E-state index contributed by atoms with van der Waals surface area (Å²) in [6.07, 6.45) is 6.34. The normalized spacial score (nSPS) is 30.0. The molecule has 2 fully saturated rings. The number of ether oxygens (including phenoxy) is 2. The number of hydrogen-bond donors (Lipinski definition) is 0. The predicted molar refractivity (Wildman–Crippen MR) is 76.6 cm³/mol. The summed E-state index contributed by atoms with van der Waals surface area (Å²) in [7, 11) is 0. The Labute approximate surface area is 152 Å². The molecule has 1 unspecified atom stereocenters. The monoisotopic (exact) mass is 406 g/mol. The molecule has 1 saturated heterocycles. The number of halogens is 1. The van der Waals surface area contributed by atoms with Gasteiger partial charge in [0.15, 0.2) is 5.79 Å². The van der Waals surface area contributed by atoms with Gasteiger partial charge in [-0.3, -0.25) is 0 Å². The van der Waals surface area contributed by atoms with Gasteiger partial charge in [-0.25, -0.2) is 0 Å². The molecule has 4 heteroatoms. The quantitative estimate of drug-likeness (QED) is 0.641. The van der Waals surface area contributed by atoms with E-state index in [1.165, 1.54) is 32.1 Å². The molecule has 2 aliphatic carbocycles. The SMILES string of the molecule is CCCC1=C(C)[C]2CC3(COC(C)(C)OC3)CC2C1.[Br-].[Zn].